The maximum atomic E-state index is 10.4. The lowest BCUT2D eigenvalue weighted by molar-refractivity contribution is -0.138. The van der Waals surface area contributed by atoms with E-state index in [4.69, 9.17) is 15.6 Å². The summed E-state index contributed by atoms with van der Waals surface area (Å²) in [7, 11) is 0. The summed E-state index contributed by atoms with van der Waals surface area (Å²) in [4.78, 5) is 10.4. The van der Waals surface area contributed by atoms with Crippen molar-refractivity contribution in [2.75, 3.05) is 19.8 Å². The summed E-state index contributed by atoms with van der Waals surface area (Å²) in [5.74, 6) is -0.977. The molecule has 13 heavy (non-hydrogen) atoms. The number of ether oxygens (including phenoxy) is 1. The molecule has 1 heterocycles. The highest BCUT2D eigenvalue weighted by Gasteiger charge is 2.29. The first-order valence-corrected chi connectivity index (χ1v) is 4.35. The van der Waals surface area contributed by atoms with Crippen LogP contribution in [0.4, 0.5) is 0 Å². The third kappa shape index (κ3) is 2.95. The van der Waals surface area contributed by atoms with Crippen molar-refractivity contribution < 1.29 is 14.6 Å². The Morgan fingerprint density at radius 2 is 2.54 bits per heavy atom. The highest BCUT2D eigenvalue weighted by Crippen LogP contribution is 2.16. The van der Waals surface area contributed by atoms with Crippen LogP contribution in [0.5, 0.6) is 0 Å². The van der Waals surface area contributed by atoms with Gasteiger partial charge in [-0.1, -0.05) is 0 Å². The highest BCUT2D eigenvalue weighted by atomic mass is 16.5. The van der Waals surface area contributed by atoms with Gasteiger partial charge in [0, 0.05) is 18.7 Å². The first-order valence-electron chi connectivity index (χ1n) is 4.35. The first-order chi connectivity index (χ1) is 6.03. The van der Waals surface area contributed by atoms with Crippen LogP contribution in [-0.4, -0.2) is 42.4 Å². The largest absolute Gasteiger partial charge is 0.480 e. The Bertz CT molecular complexity index is 190. The van der Waals surface area contributed by atoms with Crippen LogP contribution in [0.25, 0.3) is 0 Å². The average molecular weight is 188 g/mol. The smallest absolute Gasteiger partial charge is 0.321 e. The number of carbonyl (C=O) groups is 1. The fourth-order valence-electron chi connectivity index (χ4n) is 1.25. The van der Waals surface area contributed by atoms with Gasteiger partial charge >= 0.3 is 5.97 Å². The second-order valence-corrected chi connectivity index (χ2v) is 3.69. The minimum absolute atomic E-state index is 0.104. The zero-order valence-electron chi connectivity index (χ0n) is 7.75. The topological polar surface area (TPSA) is 84.6 Å². The summed E-state index contributed by atoms with van der Waals surface area (Å²) in [5, 5.41) is 11.7. The number of hydrogen-bond acceptors (Lipinski definition) is 4. The summed E-state index contributed by atoms with van der Waals surface area (Å²) in [6, 6.07) is -0.836. The summed E-state index contributed by atoms with van der Waals surface area (Å²) in [6.45, 7) is 3.65. The Hall–Kier alpha value is -0.650. The maximum Gasteiger partial charge on any atom is 0.321 e. The van der Waals surface area contributed by atoms with E-state index in [1.807, 2.05) is 6.92 Å². The molecule has 2 unspecified atom stereocenters. The molecule has 0 aromatic heterocycles. The van der Waals surface area contributed by atoms with E-state index < -0.39 is 12.0 Å². The molecule has 0 radical (unpaired) electrons. The third-order valence-corrected chi connectivity index (χ3v) is 2.28. The Morgan fingerprint density at radius 1 is 1.85 bits per heavy atom. The Balaban J connectivity index is 2.28. The second kappa shape index (κ2) is 4.04. The summed E-state index contributed by atoms with van der Waals surface area (Å²) >= 11 is 0. The number of rotatable bonds is 4. The van der Waals surface area contributed by atoms with Crippen molar-refractivity contribution in [3.8, 4) is 0 Å². The van der Waals surface area contributed by atoms with Crippen LogP contribution in [-0.2, 0) is 9.53 Å². The molecule has 0 aromatic carbocycles. The quantitative estimate of drug-likeness (QED) is 0.536. The molecule has 1 fully saturated rings. The fraction of sp³-hybridized carbons (Fsp3) is 0.875. The molecule has 0 aromatic rings. The van der Waals surface area contributed by atoms with Gasteiger partial charge in [0.15, 0.2) is 0 Å². The van der Waals surface area contributed by atoms with Crippen molar-refractivity contribution in [1.82, 2.24) is 5.32 Å². The van der Waals surface area contributed by atoms with Gasteiger partial charge in [-0.3, -0.25) is 4.79 Å². The molecule has 1 saturated heterocycles. The van der Waals surface area contributed by atoms with E-state index in [9.17, 15) is 4.79 Å². The minimum atomic E-state index is -0.977. The van der Waals surface area contributed by atoms with Gasteiger partial charge < -0.3 is 20.9 Å². The van der Waals surface area contributed by atoms with Crippen LogP contribution in [0.3, 0.4) is 0 Å². The summed E-state index contributed by atoms with van der Waals surface area (Å²) in [5.41, 5.74) is 5.25. The SMILES string of the molecule is CC1(NCC(N)C(=O)O)CCOC1. The van der Waals surface area contributed by atoms with E-state index in [0.29, 0.717) is 6.61 Å². The van der Waals surface area contributed by atoms with Crippen LogP contribution in [0.15, 0.2) is 0 Å². The molecule has 5 nitrogen and oxygen atoms in total. The molecule has 0 aliphatic carbocycles. The van der Waals surface area contributed by atoms with Gasteiger partial charge in [-0.2, -0.15) is 0 Å². The second-order valence-electron chi connectivity index (χ2n) is 3.69. The maximum absolute atomic E-state index is 10.4. The summed E-state index contributed by atoms with van der Waals surface area (Å²) < 4.78 is 5.20. The zero-order valence-corrected chi connectivity index (χ0v) is 7.75. The highest BCUT2D eigenvalue weighted by molar-refractivity contribution is 5.73. The van der Waals surface area contributed by atoms with Gasteiger partial charge in [-0.05, 0) is 13.3 Å². The summed E-state index contributed by atoms with van der Waals surface area (Å²) in [6.07, 6.45) is 0.902. The van der Waals surface area contributed by atoms with Crippen molar-refractivity contribution in [3.05, 3.63) is 0 Å². The molecular formula is C8H16N2O3. The molecule has 1 aliphatic heterocycles. The van der Waals surface area contributed by atoms with Gasteiger partial charge in [-0.15, -0.1) is 0 Å². The Morgan fingerprint density at radius 3 is 3.00 bits per heavy atom. The molecule has 1 aliphatic rings. The van der Waals surface area contributed by atoms with E-state index in [-0.39, 0.29) is 12.1 Å². The number of carboxylic acids is 1. The zero-order chi connectivity index (χ0) is 9.90. The normalized spacial score (nSPS) is 30.3. The number of hydrogen-bond donors (Lipinski definition) is 3. The number of nitrogens with two attached hydrogens (primary N) is 1. The Kier molecular flexibility index (Phi) is 3.24. The molecule has 1 rings (SSSR count). The monoisotopic (exact) mass is 188 g/mol. The third-order valence-electron chi connectivity index (χ3n) is 2.28. The lowest BCUT2D eigenvalue weighted by Gasteiger charge is -2.24. The molecule has 2 atom stereocenters. The van der Waals surface area contributed by atoms with Crippen molar-refractivity contribution in [2.45, 2.75) is 24.9 Å². The van der Waals surface area contributed by atoms with Gasteiger partial charge in [0.1, 0.15) is 6.04 Å². The number of aliphatic carboxylic acids is 1. The first kappa shape index (κ1) is 10.4. The molecule has 0 bridgehead atoms. The number of carboxylic acid groups (broad SMARTS) is 1. The van der Waals surface area contributed by atoms with Crippen molar-refractivity contribution in [2.24, 2.45) is 5.73 Å². The fourth-order valence-corrected chi connectivity index (χ4v) is 1.25. The van der Waals surface area contributed by atoms with E-state index in [1.165, 1.54) is 0 Å². The van der Waals surface area contributed by atoms with E-state index >= 15 is 0 Å². The number of nitrogens with one attached hydrogen (secondary N) is 1. The van der Waals surface area contributed by atoms with Crippen LogP contribution >= 0.6 is 0 Å². The molecule has 76 valence electrons. The van der Waals surface area contributed by atoms with E-state index in [1.54, 1.807) is 0 Å². The standard InChI is InChI=1S/C8H16N2O3/c1-8(2-3-13-5-8)10-4-6(9)7(11)12/h6,10H,2-5,9H2,1H3,(H,11,12). The molecule has 5 heteroatoms. The van der Waals surface area contributed by atoms with Crippen molar-refractivity contribution in [3.63, 3.8) is 0 Å². The van der Waals surface area contributed by atoms with Gasteiger partial charge in [0.2, 0.25) is 0 Å². The molecule has 0 saturated carbocycles. The van der Waals surface area contributed by atoms with Crippen LogP contribution in [0.1, 0.15) is 13.3 Å². The van der Waals surface area contributed by atoms with Crippen molar-refractivity contribution >= 4 is 5.97 Å². The molecule has 4 N–H and O–H groups in total. The van der Waals surface area contributed by atoms with Gasteiger partial charge in [0.05, 0.1) is 6.61 Å². The predicted octanol–water partition coefficient (Wildman–Crippen LogP) is -0.833. The predicted molar refractivity (Wildman–Crippen MR) is 47.5 cm³/mol. The van der Waals surface area contributed by atoms with E-state index in [2.05, 4.69) is 5.32 Å². The molecule has 0 amide bonds. The average Bonchev–Trinajstić information content (AvgIpc) is 2.48. The van der Waals surface area contributed by atoms with Gasteiger partial charge in [0.25, 0.3) is 0 Å². The molecule has 0 spiro atoms. The lowest BCUT2D eigenvalue weighted by atomic mass is 10.0. The Labute approximate surface area is 77.2 Å². The van der Waals surface area contributed by atoms with Crippen LogP contribution < -0.4 is 11.1 Å². The van der Waals surface area contributed by atoms with Crippen LogP contribution in [0.2, 0.25) is 0 Å². The van der Waals surface area contributed by atoms with E-state index in [0.717, 1.165) is 13.0 Å². The lowest BCUT2D eigenvalue weighted by Crippen LogP contribution is -2.50. The van der Waals surface area contributed by atoms with Crippen molar-refractivity contribution in [1.29, 1.82) is 0 Å². The van der Waals surface area contributed by atoms with Gasteiger partial charge in [-0.25, -0.2) is 0 Å². The van der Waals surface area contributed by atoms with Crippen LogP contribution in [0, 0.1) is 0 Å². The minimum Gasteiger partial charge on any atom is -0.480 e. The molecular weight excluding hydrogens is 172 g/mol.